The maximum absolute atomic E-state index is 6.38. The van der Waals surface area contributed by atoms with Crippen LogP contribution < -0.4 is 24.8 Å². The molecule has 0 heterocycles. The Bertz CT molecular complexity index is 2140. The predicted octanol–water partition coefficient (Wildman–Crippen LogP) is 7.48. The van der Waals surface area contributed by atoms with Gasteiger partial charge >= 0.3 is 166 Å². The summed E-state index contributed by atoms with van der Waals surface area (Å²) in [6, 6.07) is 50.0. The van der Waals surface area contributed by atoms with Crippen molar-refractivity contribution in [1.82, 2.24) is 0 Å². The Kier molecular flexibility index (Phi) is 14.1. The molecule has 1 aliphatic carbocycles. The number of rotatable bonds is 2. The topological polar surface area (TPSA) is 0 Å². The Morgan fingerprint density at radius 3 is 1.62 bits per heavy atom. The molecule has 0 spiro atoms. The van der Waals surface area contributed by atoms with Crippen molar-refractivity contribution in [2.75, 3.05) is 0 Å². The first-order valence-corrected chi connectivity index (χ1v) is 19.1. The van der Waals surface area contributed by atoms with Crippen LogP contribution in [0.2, 0.25) is 10.0 Å². The van der Waals surface area contributed by atoms with Gasteiger partial charge in [0.2, 0.25) is 0 Å². The Morgan fingerprint density at radius 1 is 0.615 bits per heavy atom. The number of hydrogen-bond acceptors (Lipinski definition) is 0. The first kappa shape index (κ1) is 41.9. The molecule has 0 aromatic heterocycles. The zero-order valence-electron chi connectivity index (χ0n) is 30.4. The zero-order chi connectivity index (χ0) is 35.6. The molecule has 0 bridgehead atoms. The van der Waals surface area contributed by atoms with Crippen molar-refractivity contribution in [3.05, 3.63) is 183 Å². The minimum atomic E-state index is 0. The molecule has 0 N–H and O–H groups in total. The number of benzene rings is 6. The van der Waals surface area contributed by atoms with Crippen molar-refractivity contribution in [2.24, 2.45) is 0 Å². The van der Waals surface area contributed by atoms with Gasteiger partial charge in [0.25, 0.3) is 0 Å². The van der Waals surface area contributed by atoms with E-state index in [0.29, 0.717) is 0 Å². The Labute approximate surface area is 347 Å². The summed E-state index contributed by atoms with van der Waals surface area (Å²) in [6.07, 6.45) is 1.03. The summed E-state index contributed by atoms with van der Waals surface area (Å²) < 4.78 is 1.26. The third kappa shape index (κ3) is 9.60. The fraction of sp³-hybridized carbons (Fsp3) is 0.191. The minimum Gasteiger partial charge on any atom is -1.00 e. The average Bonchev–Trinajstić information content (AvgIpc) is 3.78. The molecule has 1 aliphatic rings. The van der Waals surface area contributed by atoms with E-state index in [4.69, 9.17) is 23.2 Å². The molecule has 0 nitrogen and oxygen atoms in total. The number of hydrogen-bond donors (Lipinski definition) is 0. The van der Waals surface area contributed by atoms with Gasteiger partial charge in [-0.3, -0.25) is 0 Å². The van der Waals surface area contributed by atoms with E-state index in [0.717, 1.165) is 27.2 Å². The average molecular weight is 840 g/mol. The maximum Gasteiger partial charge on any atom is -0.172 e. The summed E-state index contributed by atoms with van der Waals surface area (Å²) in [4.78, 5) is 0. The van der Waals surface area contributed by atoms with Crippen molar-refractivity contribution >= 4 is 48.0 Å². The molecule has 0 amide bonds. The van der Waals surface area contributed by atoms with Crippen molar-refractivity contribution in [3.63, 3.8) is 0 Å². The summed E-state index contributed by atoms with van der Waals surface area (Å²) in [5, 5.41) is 6.28. The first-order chi connectivity index (χ1) is 23.8. The van der Waals surface area contributed by atoms with Crippen LogP contribution in [0.3, 0.4) is 0 Å². The van der Waals surface area contributed by atoms with E-state index < -0.39 is 0 Å². The second-order valence-electron chi connectivity index (χ2n) is 15.0. The standard InChI is InChI=1S/C21H12Cl2.C21H25.C5H5.2ClH.Zr/c22-18-10-14-5-1-3-7-20(14)16(12-18)9-17-13-19(23)11-15-6-2-4-8-21(15)17;1-20(2,3)16-7-9-18-14(12-16)11-15-13-17(21(4,5)6)8-10-19(15)18;1-2-4-5-3-1;;;/h1-8,10-13H;7-10,12H,11H2,1-6H3;1-5H;2*1H;/q;2*-1;;;+2/p-2. The summed E-state index contributed by atoms with van der Waals surface area (Å²) in [7, 11) is 0. The molecule has 0 unspecified atom stereocenters. The zero-order valence-corrected chi connectivity index (χ0v) is 35.9. The van der Waals surface area contributed by atoms with Gasteiger partial charge in [0, 0.05) is 0 Å². The summed E-state index contributed by atoms with van der Waals surface area (Å²) >= 11 is 14.1. The van der Waals surface area contributed by atoms with E-state index in [1.807, 2.05) is 54.6 Å². The molecule has 5 heteroatoms. The van der Waals surface area contributed by atoms with Crippen LogP contribution in [0.25, 0.3) is 32.7 Å². The Morgan fingerprint density at radius 2 is 1.13 bits per heavy atom. The normalized spacial score (nSPS) is 11.6. The van der Waals surface area contributed by atoms with Crippen LogP contribution >= 0.6 is 23.2 Å². The van der Waals surface area contributed by atoms with Crippen LogP contribution in [-0.4, -0.2) is 3.21 Å². The molecular weight excluding hydrogens is 798 g/mol. The fourth-order valence-corrected chi connectivity index (χ4v) is 7.93. The molecule has 0 radical (unpaired) electrons. The quantitative estimate of drug-likeness (QED) is 0.159. The van der Waals surface area contributed by atoms with Crippen molar-refractivity contribution in [1.29, 1.82) is 0 Å². The van der Waals surface area contributed by atoms with Crippen LogP contribution in [0.1, 0.15) is 74.9 Å². The summed E-state index contributed by atoms with van der Waals surface area (Å²) in [5.41, 5.74) is 11.1. The van der Waals surface area contributed by atoms with Crippen LogP contribution in [0, 0.1) is 6.07 Å². The summed E-state index contributed by atoms with van der Waals surface area (Å²) in [5.74, 6) is 0. The van der Waals surface area contributed by atoms with E-state index in [-0.39, 0.29) is 35.6 Å². The van der Waals surface area contributed by atoms with Gasteiger partial charge in [-0.2, -0.15) is 42.0 Å². The maximum atomic E-state index is 6.38. The van der Waals surface area contributed by atoms with Crippen LogP contribution in [0.15, 0.2) is 133 Å². The molecule has 7 aromatic carbocycles. The van der Waals surface area contributed by atoms with E-state index in [1.54, 1.807) is 0 Å². The molecule has 0 atom stereocenters. The minimum absolute atomic E-state index is 0. The van der Waals surface area contributed by atoms with Gasteiger partial charge in [-0.15, -0.1) is 11.1 Å². The third-order valence-corrected chi connectivity index (χ3v) is 11.0. The van der Waals surface area contributed by atoms with Crippen LogP contribution in [-0.2, 0) is 41.5 Å². The van der Waals surface area contributed by atoms with Gasteiger partial charge < -0.3 is 24.8 Å². The van der Waals surface area contributed by atoms with E-state index in [9.17, 15) is 0 Å². The van der Waals surface area contributed by atoms with E-state index in [2.05, 4.69) is 126 Å². The van der Waals surface area contributed by atoms with Gasteiger partial charge in [-0.05, 0) is 28.4 Å². The van der Waals surface area contributed by atoms with Gasteiger partial charge in [0.05, 0.1) is 0 Å². The Hall–Kier alpha value is -2.90. The largest absolute Gasteiger partial charge is 1.00 e. The second-order valence-corrected chi connectivity index (χ2v) is 17.1. The van der Waals surface area contributed by atoms with Crippen LogP contribution in [0.5, 0.6) is 0 Å². The third-order valence-electron chi connectivity index (χ3n) is 9.21. The first-order valence-electron chi connectivity index (χ1n) is 17.1. The second kappa shape index (κ2) is 17.5. The molecular formula is C47H42Cl4Zr-2. The van der Waals surface area contributed by atoms with Crippen molar-refractivity contribution < 1.29 is 49.0 Å². The Balaban J connectivity index is 0.000000199. The van der Waals surface area contributed by atoms with Crippen LogP contribution in [0.4, 0.5) is 0 Å². The molecule has 8 rings (SSSR count). The number of fused-ring (bicyclic) bond motifs is 5. The molecule has 264 valence electrons. The fourth-order valence-electron chi connectivity index (χ4n) is 6.46. The van der Waals surface area contributed by atoms with Gasteiger partial charge in [-0.1, -0.05) is 65.3 Å². The van der Waals surface area contributed by atoms with Gasteiger partial charge in [-0.25, -0.2) is 12.1 Å². The van der Waals surface area contributed by atoms with E-state index >= 15 is 0 Å². The van der Waals surface area contributed by atoms with E-state index in [1.165, 1.54) is 82.7 Å². The van der Waals surface area contributed by atoms with Gasteiger partial charge in [0.1, 0.15) is 0 Å². The SMILES string of the molecule is CC(C)(C)c1[c-]c2c(cc1)-c1ccc(C(C)(C)C)cc1C2.Clc1cc([C](=[Zr+2])c2cc(Cl)cc3ccccc23)c2ccccc2c1.[Cl-].[Cl-].c1cc[cH-]c1. The summed E-state index contributed by atoms with van der Waals surface area (Å²) in [6.45, 7) is 13.6. The molecule has 52 heavy (non-hydrogen) atoms. The predicted molar refractivity (Wildman–Crippen MR) is 214 cm³/mol. The van der Waals surface area contributed by atoms with Crippen molar-refractivity contribution in [3.8, 4) is 11.1 Å². The smallest absolute Gasteiger partial charge is 0.172 e. The van der Waals surface area contributed by atoms with Gasteiger partial charge in [0.15, 0.2) is 0 Å². The monoisotopic (exact) mass is 836 g/mol. The molecule has 0 saturated heterocycles. The molecule has 0 saturated carbocycles. The number of halogens is 4. The molecule has 7 aromatic rings. The molecule has 0 aliphatic heterocycles. The van der Waals surface area contributed by atoms with Crippen molar-refractivity contribution in [2.45, 2.75) is 58.8 Å². The molecule has 0 fully saturated rings.